The number of aryl methyl sites for hydroxylation is 1. The van der Waals surface area contributed by atoms with Gasteiger partial charge in [-0.05, 0) is 49.6 Å². The lowest BCUT2D eigenvalue weighted by Crippen LogP contribution is -2.43. The normalized spacial score (nSPS) is 20.0. The molecule has 0 bridgehead atoms. The van der Waals surface area contributed by atoms with E-state index in [0.29, 0.717) is 5.92 Å². The first-order valence-electron chi connectivity index (χ1n) is 10.6. The minimum absolute atomic E-state index is 0.0115. The summed E-state index contributed by atoms with van der Waals surface area (Å²) in [6.45, 7) is 11.6. The zero-order valence-electron chi connectivity index (χ0n) is 18.3. The molecule has 1 aromatic heterocycles. The Hall–Kier alpha value is -2.14. The number of halogens is 1. The van der Waals surface area contributed by atoms with Crippen molar-refractivity contribution in [2.45, 2.75) is 46.2 Å². The Bertz CT molecular complexity index is 812. The summed E-state index contributed by atoms with van der Waals surface area (Å²) < 4.78 is 15.6. The number of carbonyl (C=O) groups excluding carboxylic acids is 1. The van der Waals surface area contributed by atoms with E-state index in [-0.39, 0.29) is 29.6 Å². The molecule has 2 aromatic rings. The fraction of sp³-hybridized carbons (Fsp3) is 0.542. The van der Waals surface area contributed by atoms with Crippen LogP contribution in [-0.4, -0.2) is 46.0 Å². The molecule has 2 heterocycles. The molecular weight excluding hydrogens is 365 g/mol. The minimum atomic E-state index is -0.206. The fourth-order valence-corrected chi connectivity index (χ4v) is 4.39. The second-order valence-electron chi connectivity index (χ2n) is 8.96. The molecule has 1 amide bonds. The summed E-state index contributed by atoms with van der Waals surface area (Å²) in [5.41, 5.74) is 2.44. The highest BCUT2D eigenvalue weighted by Gasteiger charge is 2.36. The van der Waals surface area contributed by atoms with Gasteiger partial charge < -0.3 is 9.47 Å². The highest BCUT2D eigenvalue weighted by atomic mass is 19.1. The van der Waals surface area contributed by atoms with Gasteiger partial charge in [0.2, 0.25) is 5.91 Å². The molecule has 0 spiro atoms. The highest BCUT2D eigenvalue weighted by molar-refractivity contribution is 5.78. The van der Waals surface area contributed by atoms with Gasteiger partial charge in [-0.1, -0.05) is 26.0 Å². The number of rotatable bonds is 7. The number of nitrogens with zero attached hydrogens (tertiary/aromatic N) is 3. The third-order valence-electron chi connectivity index (χ3n) is 6.08. The van der Waals surface area contributed by atoms with Gasteiger partial charge in [-0.25, -0.2) is 4.39 Å². The van der Waals surface area contributed by atoms with Crippen molar-refractivity contribution in [2.24, 2.45) is 18.9 Å². The predicted molar refractivity (Wildman–Crippen MR) is 115 cm³/mol. The van der Waals surface area contributed by atoms with Crippen molar-refractivity contribution in [3.8, 4) is 0 Å². The first kappa shape index (κ1) is 21.6. The molecule has 5 heteroatoms. The van der Waals surface area contributed by atoms with E-state index in [0.717, 1.165) is 31.7 Å². The molecule has 0 N–H and O–H groups in total. The van der Waals surface area contributed by atoms with E-state index in [1.54, 1.807) is 12.1 Å². The smallest absolute Gasteiger partial charge is 0.225 e. The average Bonchev–Trinajstić information content (AvgIpc) is 3.26. The van der Waals surface area contributed by atoms with Gasteiger partial charge >= 0.3 is 0 Å². The second kappa shape index (κ2) is 9.12. The summed E-state index contributed by atoms with van der Waals surface area (Å²) >= 11 is 0. The van der Waals surface area contributed by atoms with Crippen LogP contribution in [0.3, 0.4) is 0 Å². The van der Waals surface area contributed by atoms with E-state index in [1.165, 1.54) is 5.69 Å². The molecule has 1 aliphatic heterocycles. The lowest BCUT2D eigenvalue weighted by Gasteiger charge is -2.33. The second-order valence-corrected chi connectivity index (χ2v) is 8.96. The van der Waals surface area contributed by atoms with E-state index in [1.807, 2.05) is 30.9 Å². The van der Waals surface area contributed by atoms with Crippen LogP contribution >= 0.6 is 0 Å². The van der Waals surface area contributed by atoms with Crippen LogP contribution in [0.4, 0.5) is 4.39 Å². The molecule has 1 aromatic carbocycles. The third kappa shape index (κ3) is 5.08. The molecular formula is C24H34FN3O. The van der Waals surface area contributed by atoms with Crippen LogP contribution in [0.25, 0.3) is 0 Å². The maximum atomic E-state index is 13.5. The molecule has 158 valence electrons. The Morgan fingerprint density at radius 2 is 1.83 bits per heavy atom. The van der Waals surface area contributed by atoms with Crippen LogP contribution in [0.15, 0.2) is 42.6 Å². The van der Waals surface area contributed by atoms with Crippen molar-refractivity contribution in [1.29, 1.82) is 0 Å². The molecule has 0 aliphatic carbocycles. The lowest BCUT2D eigenvalue weighted by atomic mass is 9.88. The average molecular weight is 400 g/mol. The summed E-state index contributed by atoms with van der Waals surface area (Å²) in [6, 6.07) is 11.3. The van der Waals surface area contributed by atoms with Gasteiger partial charge in [-0.3, -0.25) is 9.69 Å². The van der Waals surface area contributed by atoms with E-state index in [4.69, 9.17) is 0 Å². The molecule has 0 saturated carbocycles. The van der Waals surface area contributed by atoms with Crippen LogP contribution in [0.1, 0.15) is 44.9 Å². The number of benzene rings is 1. The standard InChI is InChI=1S/C24H34FN3O/c1-17(2)24(29)28(18(3)4)14-20-13-27(15-22-7-6-12-26(22)5)16-23(20)19-8-10-21(25)11-9-19/h6-12,17-18,20,23H,13-16H2,1-5H3. The topological polar surface area (TPSA) is 28.5 Å². The van der Waals surface area contributed by atoms with E-state index in [2.05, 4.69) is 48.7 Å². The quantitative estimate of drug-likeness (QED) is 0.695. The highest BCUT2D eigenvalue weighted by Crippen LogP contribution is 2.35. The van der Waals surface area contributed by atoms with Crippen LogP contribution < -0.4 is 0 Å². The van der Waals surface area contributed by atoms with Crippen molar-refractivity contribution < 1.29 is 9.18 Å². The van der Waals surface area contributed by atoms with Crippen molar-refractivity contribution in [3.63, 3.8) is 0 Å². The molecule has 1 aliphatic rings. The maximum absolute atomic E-state index is 13.5. The largest absolute Gasteiger partial charge is 0.353 e. The molecule has 1 saturated heterocycles. The zero-order valence-corrected chi connectivity index (χ0v) is 18.3. The minimum Gasteiger partial charge on any atom is -0.353 e. The summed E-state index contributed by atoms with van der Waals surface area (Å²) in [5.74, 6) is 0.604. The number of hydrogen-bond donors (Lipinski definition) is 0. The van der Waals surface area contributed by atoms with Crippen LogP contribution in [0, 0.1) is 17.7 Å². The van der Waals surface area contributed by atoms with Crippen LogP contribution in [-0.2, 0) is 18.4 Å². The van der Waals surface area contributed by atoms with Crippen LogP contribution in [0.2, 0.25) is 0 Å². The van der Waals surface area contributed by atoms with Gasteiger partial charge in [0.25, 0.3) is 0 Å². The number of carbonyl (C=O) groups is 1. The van der Waals surface area contributed by atoms with Gasteiger partial charge in [-0.2, -0.15) is 0 Å². The van der Waals surface area contributed by atoms with Crippen molar-refractivity contribution in [3.05, 3.63) is 59.7 Å². The number of amides is 1. The van der Waals surface area contributed by atoms with Gasteiger partial charge in [0.05, 0.1) is 0 Å². The Morgan fingerprint density at radius 1 is 1.14 bits per heavy atom. The predicted octanol–water partition coefficient (Wildman–Crippen LogP) is 4.27. The molecule has 4 nitrogen and oxygen atoms in total. The zero-order chi connectivity index (χ0) is 21.1. The molecule has 2 atom stereocenters. The summed E-state index contributed by atoms with van der Waals surface area (Å²) in [6.07, 6.45) is 2.07. The van der Waals surface area contributed by atoms with Gasteiger partial charge in [-0.15, -0.1) is 0 Å². The molecule has 1 fully saturated rings. The Morgan fingerprint density at radius 3 is 2.38 bits per heavy atom. The molecule has 0 radical (unpaired) electrons. The first-order valence-corrected chi connectivity index (χ1v) is 10.6. The summed E-state index contributed by atoms with van der Waals surface area (Å²) in [4.78, 5) is 17.3. The Balaban J connectivity index is 1.82. The number of aromatic nitrogens is 1. The molecule has 2 unspecified atom stereocenters. The Labute approximate surface area is 174 Å². The van der Waals surface area contributed by atoms with Crippen molar-refractivity contribution >= 4 is 5.91 Å². The summed E-state index contributed by atoms with van der Waals surface area (Å²) in [5, 5.41) is 0. The van der Waals surface area contributed by atoms with E-state index < -0.39 is 0 Å². The number of hydrogen-bond acceptors (Lipinski definition) is 2. The first-order chi connectivity index (χ1) is 13.8. The molecule has 3 rings (SSSR count). The Kier molecular flexibility index (Phi) is 6.78. The fourth-order valence-electron chi connectivity index (χ4n) is 4.39. The SMILES string of the molecule is CC(C)C(=O)N(CC1CN(Cc2cccn2C)CC1c1ccc(F)cc1)C(C)C. The molecule has 29 heavy (non-hydrogen) atoms. The van der Waals surface area contributed by atoms with Gasteiger partial charge in [0, 0.05) is 63.0 Å². The van der Waals surface area contributed by atoms with Crippen LogP contribution in [0.5, 0.6) is 0 Å². The van der Waals surface area contributed by atoms with E-state index >= 15 is 0 Å². The summed E-state index contributed by atoms with van der Waals surface area (Å²) in [7, 11) is 2.07. The lowest BCUT2D eigenvalue weighted by molar-refractivity contribution is -0.136. The number of likely N-dealkylation sites (tertiary alicyclic amines) is 1. The maximum Gasteiger partial charge on any atom is 0.225 e. The monoisotopic (exact) mass is 399 g/mol. The van der Waals surface area contributed by atoms with Crippen molar-refractivity contribution in [2.75, 3.05) is 19.6 Å². The van der Waals surface area contributed by atoms with Crippen molar-refractivity contribution in [1.82, 2.24) is 14.4 Å². The van der Waals surface area contributed by atoms with E-state index in [9.17, 15) is 9.18 Å². The third-order valence-corrected chi connectivity index (χ3v) is 6.08. The van der Waals surface area contributed by atoms with Gasteiger partial charge in [0.1, 0.15) is 5.82 Å². The van der Waals surface area contributed by atoms with Gasteiger partial charge in [0.15, 0.2) is 0 Å².